The van der Waals surface area contributed by atoms with Crippen LogP contribution in [0.5, 0.6) is 0 Å². The number of rotatable bonds is 4. The molecule has 2 amide bonds. The second-order valence-corrected chi connectivity index (χ2v) is 6.26. The van der Waals surface area contributed by atoms with Crippen LogP contribution in [0, 0.1) is 5.82 Å². The number of hydrogen-bond acceptors (Lipinski definition) is 2. The van der Waals surface area contributed by atoms with Gasteiger partial charge in [-0.1, -0.05) is 36.4 Å². The summed E-state index contributed by atoms with van der Waals surface area (Å²) >= 11 is 0. The van der Waals surface area contributed by atoms with E-state index in [0.29, 0.717) is 17.0 Å². The SMILES string of the molecule is O=C(NNC(=O)c1cc2ccccc2n1Cc1ccccc1F)c1ccc[nH]1. The van der Waals surface area contributed by atoms with Crippen LogP contribution < -0.4 is 10.9 Å². The smallest absolute Gasteiger partial charge is 0.286 e. The minimum atomic E-state index is -0.493. The fraction of sp³-hybridized carbons (Fsp3) is 0.0476. The molecule has 0 bridgehead atoms. The Labute approximate surface area is 160 Å². The number of hydrogen-bond donors (Lipinski definition) is 3. The number of carbonyl (C=O) groups is 2. The highest BCUT2D eigenvalue weighted by Crippen LogP contribution is 2.22. The third-order valence-electron chi connectivity index (χ3n) is 4.46. The number of nitrogens with zero attached hydrogens (tertiary/aromatic N) is 1. The average Bonchev–Trinajstić information content (AvgIpc) is 3.36. The third kappa shape index (κ3) is 3.37. The van der Waals surface area contributed by atoms with Crippen molar-refractivity contribution in [2.45, 2.75) is 6.54 Å². The molecule has 0 aliphatic rings. The zero-order valence-corrected chi connectivity index (χ0v) is 14.8. The Bertz CT molecular complexity index is 1150. The van der Waals surface area contributed by atoms with Gasteiger partial charge in [0.15, 0.2) is 0 Å². The molecular weight excluding hydrogens is 359 g/mol. The zero-order chi connectivity index (χ0) is 19.5. The van der Waals surface area contributed by atoms with Crippen LogP contribution in [0.3, 0.4) is 0 Å². The molecule has 0 saturated heterocycles. The van der Waals surface area contributed by atoms with Crippen molar-refractivity contribution in [2.24, 2.45) is 0 Å². The molecule has 4 rings (SSSR count). The lowest BCUT2D eigenvalue weighted by Crippen LogP contribution is -2.42. The molecule has 140 valence electrons. The molecule has 2 heterocycles. The van der Waals surface area contributed by atoms with Crippen LogP contribution in [0.1, 0.15) is 26.5 Å². The lowest BCUT2D eigenvalue weighted by Gasteiger charge is -2.12. The summed E-state index contributed by atoms with van der Waals surface area (Å²) in [5.41, 5.74) is 6.69. The van der Waals surface area contributed by atoms with E-state index in [0.717, 1.165) is 10.9 Å². The molecule has 0 fully saturated rings. The van der Waals surface area contributed by atoms with Crippen molar-refractivity contribution in [3.05, 3.63) is 95.7 Å². The van der Waals surface area contributed by atoms with Crippen molar-refractivity contribution in [1.29, 1.82) is 0 Å². The number of aromatic nitrogens is 2. The van der Waals surface area contributed by atoms with Gasteiger partial charge in [0, 0.05) is 22.7 Å². The van der Waals surface area contributed by atoms with Gasteiger partial charge in [-0.3, -0.25) is 20.4 Å². The van der Waals surface area contributed by atoms with Crippen LogP contribution in [0.2, 0.25) is 0 Å². The van der Waals surface area contributed by atoms with Crippen LogP contribution in [0.25, 0.3) is 10.9 Å². The highest BCUT2D eigenvalue weighted by atomic mass is 19.1. The number of halogens is 1. The second kappa shape index (κ2) is 7.40. The topological polar surface area (TPSA) is 78.9 Å². The molecule has 0 spiro atoms. The van der Waals surface area contributed by atoms with E-state index in [1.54, 1.807) is 47.2 Å². The van der Waals surface area contributed by atoms with E-state index in [9.17, 15) is 14.0 Å². The first kappa shape index (κ1) is 17.5. The summed E-state index contributed by atoms with van der Waals surface area (Å²) in [4.78, 5) is 27.5. The Morgan fingerprint density at radius 2 is 1.68 bits per heavy atom. The van der Waals surface area contributed by atoms with Crippen LogP contribution in [0.15, 0.2) is 72.9 Å². The first-order chi connectivity index (χ1) is 13.6. The van der Waals surface area contributed by atoms with Gasteiger partial charge in [0.05, 0.1) is 6.54 Å². The lowest BCUT2D eigenvalue weighted by atomic mass is 10.2. The van der Waals surface area contributed by atoms with Gasteiger partial charge < -0.3 is 9.55 Å². The Morgan fingerprint density at radius 1 is 0.929 bits per heavy atom. The summed E-state index contributed by atoms with van der Waals surface area (Å²) in [5, 5.41) is 0.847. The first-order valence-corrected chi connectivity index (χ1v) is 8.69. The van der Waals surface area contributed by atoms with Crippen LogP contribution >= 0.6 is 0 Å². The molecule has 7 heteroatoms. The number of aromatic amines is 1. The highest BCUT2D eigenvalue weighted by molar-refractivity contribution is 6.01. The standard InChI is InChI=1S/C21H17FN4O2/c22-16-8-3-1-7-15(16)13-26-18-10-4-2-6-14(18)12-19(26)21(28)25-24-20(27)17-9-5-11-23-17/h1-12,23H,13H2,(H,24,27)(H,25,28). The molecule has 3 N–H and O–H groups in total. The lowest BCUT2D eigenvalue weighted by molar-refractivity contribution is 0.0839. The molecule has 0 unspecified atom stereocenters. The normalized spacial score (nSPS) is 10.8. The molecule has 0 saturated carbocycles. The van der Waals surface area contributed by atoms with Gasteiger partial charge in [0.25, 0.3) is 11.8 Å². The van der Waals surface area contributed by atoms with Crippen molar-refractivity contribution in [2.75, 3.05) is 0 Å². The fourth-order valence-electron chi connectivity index (χ4n) is 3.08. The van der Waals surface area contributed by atoms with Gasteiger partial charge in [-0.25, -0.2) is 4.39 Å². The van der Waals surface area contributed by atoms with Gasteiger partial charge in [-0.2, -0.15) is 0 Å². The van der Waals surface area contributed by atoms with E-state index in [1.165, 1.54) is 6.07 Å². The van der Waals surface area contributed by atoms with E-state index in [2.05, 4.69) is 15.8 Å². The molecule has 2 aromatic carbocycles. The van der Waals surface area contributed by atoms with Crippen molar-refractivity contribution in [1.82, 2.24) is 20.4 Å². The molecular formula is C21H17FN4O2. The number of benzene rings is 2. The van der Waals surface area contributed by atoms with Crippen LogP contribution in [-0.4, -0.2) is 21.4 Å². The number of fused-ring (bicyclic) bond motifs is 1. The van der Waals surface area contributed by atoms with E-state index in [-0.39, 0.29) is 12.4 Å². The van der Waals surface area contributed by atoms with Gasteiger partial charge in [-0.05, 0) is 30.3 Å². The zero-order valence-electron chi connectivity index (χ0n) is 14.8. The summed E-state index contributed by atoms with van der Waals surface area (Å²) in [6.45, 7) is 0.188. The minimum Gasteiger partial charge on any atom is -0.357 e. The summed E-state index contributed by atoms with van der Waals surface area (Å²) < 4.78 is 15.9. The molecule has 6 nitrogen and oxygen atoms in total. The molecule has 0 atom stereocenters. The number of H-pyrrole nitrogens is 1. The maximum Gasteiger partial charge on any atom is 0.286 e. The van der Waals surface area contributed by atoms with Crippen molar-refractivity contribution in [3.63, 3.8) is 0 Å². The van der Waals surface area contributed by atoms with E-state index >= 15 is 0 Å². The fourth-order valence-corrected chi connectivity index (χ4v) is 3.08. The number of hydrazine groups is 1. The molecule has 4 aromatic rings. The second-order valence-electron chi connectivity index (χ2n) is 6.26. The van der Waals surface area contributed by atoms with Gasteiger partial charge in [0.1, 0.15) is 17.2 Å². The summed E-state index contributed by atoms with van der Waals surface area (Å²) in [6, 6.07) is 18.9. The first-order valence-electron chi connectivity index (χ1n) is 8.69. The Morgan fingerprint density at radius 3 is 2.46 bits per heavy atom. The Hall–Kier alpha value is -3.87. The van der Waals surface area contributed by atoms with E-state index in [4.69, 9.17) is 0 Å². The molecule has 0 aliphatic heterocycles. The van der Waals surface area contributed by atoms with Crippen molar-refractivity contribution < 1.29 is 14.0 Å². The third-order valence-corrected chi connectivity index (χ3v) is 4.46. The van der Waals surface area contributed by atoms with Gasteiger partial charge >= 0.3 is 0 Å². The van der Waals surface area contributed by atoms with E-state index < -0.39 is 11.8 Å². The van der Waals surface area contributed by atoms with E-state index in [1.807, 2.05) is 24.3 Å². The number of amides is 2. The summed E-state index contributed by atoms with van der Waals surface area (Å²) in [7, 11) is 0. The summed E-state index contributed by atoms with van der Waals surface area (Å²) in [6.07, 6.45) is 1.61. The molecule has 0 radical (unpaired) electrons. The summed E-state index contributed by atoms with van der Waals surface area (Å²) in [5.74, 6) is -1.30. The van der Waals surface area contributed by atoms with Crippen LogP contribution in [-0.2, 0) is 6.54 Å². The largest absolute Gasteiger partial charge is 0.357 e. The number of carbonyl (C=O) groups excluding carboxylic acids is 2. The molecule has 0 aliphatic carbocycles. The predicted octanol–water partition coefficient (Wildman–Crippen LogP) is 3.23. The molecule has 28 heavy (non-hydrogen) atoms. The van der Waals surface area contributed by atoms with Crippen molar-refractivity contribution in [3.8, 4) is 0 Å². The Kier molecular flexibility index (Phi) is 4.63. The maximum atomic E-state index is 14.2. The number of nitrogens with one attached hydrogen (secondary N) is 3. The van der Waals surface area contributed by atoms with Crippen molar-refractivity contribution >= 4 is 22.7 Å². The number of para-hydroxylation sites is 1. The minimum absolute atomic E-state index is 0.188. The van der Waals surface area contributed by atoms with Gasteiger partial charge in [0.2, 0.25) is 0 Å². The average molecular weight is 376 g/mol. The highest BCUT2D eigenvalue weighted by Gasteiger charge is 2.17. The predicted molar refractivity (Wildman–Crippen MR) is 103 cm³/mol. The molecule has 2 aromatic heterocycles. The quantitative estimate of drug-likeness (QED) is 0.478. The van der Waals surface area contributed by atoms with Crippen LogP contribution in [0.4, 0.5) is 4.39 Å². The van der Waals surface area contributed by atoms with Gasteiger partial charge in [-0.15, -0.1) is 0 Å². The monoisotopic (exact) mass is 376 g/mol. The maximum absolute atomic E-state index is 14.2. The Balaban J connectivity index is 1.63.